The summed E-state index contributed by atoms with van der Waals surface area (Å²) in [6.45, 7) is 0. The summed E-state index contributed by atoms with van der Waals surface area (Å²) in [5.74, 6) is 1.87. The lowest BCUT2D eigenvalue weighted by molar-refractivity contribution is 1.07. The van der Waals surface area contributed by atoms with Gasteiger partial charge in [0.2, 0.25) is 0 Å². The highest BCUT2D eigenvalue weighted by Gasteiger charge is 2.17. The van der Waals surface area contributed by atoms with E-state index in [4.69, 9.17) is 15.0 Å². The van der Waals surface area contributed by atoms with E-state index in [1.807, 2.05) is 12.1 Å². The second kappa shape index (κ2) is 15.1. The van der Waals surface area contributed by atoms with E-state index in [2.05, 4.69) is 212 Å². The molecule has 280 valence electrons. The molecule has 0 aliphatic rings. The molecular formula is C57H37N3. The van der Waals surface area contributed by atoms with Gasteiger partial charge in [-0.15, -0.1) is 0 Å². The van der Waals surface area contributed by atoms with E-state index >= 15 is 0 Å². The van der Waals surface area contributed by atoms with Crippen molar-refractivity contribution >= 4 is 32.3 Å². The van der Waals surface area contributed by atoms with E-state index in [-0.39, 0.29) is 0 Å². The largest absolute Gasteiger partial charge is 0.208 e. The van der Waals surface area contributed by atoms with Gasteiger partial charge in [0.1, 0.15) is 0 Å². The van der Waals surface area contributed by atoms with Crippen LogP contribution in [0.25, 0.3) is 111 Å². The highest BCUT2D eigenvalue weighted by molar-refractivity contribution is 6.25. The molecule has 0 bridgehead atoms. The lowest BCUT2D eigenvalue weighted by Gasteiger charge is -2.14. The van der Waals surface area contributed by atoms with E-state index in [0.29, 0.717) is 17.5 Å². The summed E-state index contributed by atoms with van der Waals surface area (Å²) in [4.78, 5) is 15.7. The van der Waals surface area contributed by atoms with Gasteiger partial charge in [0.25, 0.3) is 0 Å². The van der Waals surface area contributed by atoms with Crippen molar-refractivity contribution in [2.24, 2.45) is 0 Å². The fraction of sp³-hybridized carbons (Fsp3) is 0. The smallest absolute Gasteiger partial charge is 0.164 e. The quantitative estimate of drug-likeness (QED) is 0.152. The van der Waals surface area contributed by atoms with Gasteiger partial charge in [-0.25, -0.2) is 15.0 Å². The van der Waals surface area contributed by atoms with Gasteiger partial charge in [-0.3, -0.25) is 0 Å². The molecule has 60 heavy (non-hydrogen) atoms. The van der Waals surface area contributed by atoms with Gasteiger partial charge in [0, 0.05) is 16.7 Å². The Hall–Kier alpha value is -8.01. The van der Waals surface area contributed by atoms with Gasteiger partial charge in [-0.2, -0.15) is 0 Å². The number of nitrogens with zero attached hydrogens (tertiary/aromatic N) is 3. The monoisotopic (exact) mass is 763 g/mol. The van der Waals surface area contributed by atoms with Crippen LogP contribution in [0.3, 0.4) is 0 Å². The summed E-state index contributed by atoms with van der Waals surface area (Å²) in [6, 6.07) is 79.4. The standard InChI is InChI=1S/C57H37N3/c1-3-16-38(17-4-1)40-20-14-24-45(35-40)55-58-56(46-25-15-21-41(36-46)39-18-5-2-6-19-39)60-57(59-55)53-31-12-7-26-47(53)44-23-13-22-42(34-44)43-32-33-52-50-29-9-8-27-48(50)49-28-10-11-30-51(49)54(52)37-43/h1-37H. The molecule has 0 amide bonds. The Morgan fingerprint density at radius 2 is 0.533 bits per heavy atom. The molecule has 11 rings (SSSR count). The van der Waals surface area contributed by atoms with Crippen molar-refractivity contribution in [2.75, 3.05) is 0 Å². The Kier molecular flexibility index (Phi) is 8.83. The van der Waals surface area contributed by atoms with E-state index < -0.39 is 0 Å². The third kappa shape index (κ3) is 6.49. The first kappa shape index (κ1) is 35.2. The van der Waals surface area contributed by atoms with Gasteiger partial charge in [-0.1, -0.05) is 200 Å². The van der Waals surface area contributed by atoms with Crippen LogP contribution < -0.4 is 0 Å². The van der Waals surface area contributed by atoms with Crippen molar-refractivity contribution < 1.29 is 0 Å². The lowest BCUT2D eigenvalue weighted by atomic mass is 9.91. The van der Waals surface area contributed by atoms with Crippen LogP contribution in [0.2, 0.25) is 0 Å². The van der Waals surface area contributed by atoms with Crippen LogP contribution in [0.4, 0.5) is 0 Å². The minimum atomic E-state index is 0.621. The molecule has 0 radical (unpaired) electrons. The predicted octanol–water partition coefficient (Wildman–Crippen LogP) is 15.0. The van der Waals surface area contributed by atoms with E-state index in [9.17, 15) is 0 Å². The molecular weight excluding hydrogens is 727 g/mol. The molecule has 1 heterocycles. The van der Waals surface area contributed by atoms with E-state index in [1.165, 1.54) is 37.9 Å². The summed E-state index contributed by atoms with van der Waals surface area (Å²) in [6.07, 6.45) is 0. The van der Waals surface area contributed by atoms with Gasteiger partial charge < -0.3 is 0 Å². The van der Waals surface area contributed by atoms with Gasteiger partial charge >= 0.3 is 0 Å². The van der Waals surface area contributed by atoms with E-state index in [0.717, 1.165) is 55.6 Å². The molecule has 0 aliphatic heterocycles. The molecule has 1 aromatic heterocycles. The van der Waals surface area contributed by atoms with Crippen LogP contribution in [0.15, 0.2) is 224 Å². The maximum atomic E-state index is 5.25. The number of hydrogen-bond donors (Lipinski definition) is 0. The topological polar surface area (TPSA) is 38.7 Å². The maximum Gasteiger partial charge on any atom is 0.164 e. The minimum Gasteiger partial charge on any atom is -0.208 e. The van der Waals surface area contributed by atoms with Crippen molar-refractivity contribution in [1.29, 1.82) is 0 Å². The zero-order valence-electron chi connectivity index (χ0n) is 32.7. The molecule has 0 atom stereocenters. The Balaban J connectivity index is 1.05. The zero-order chi connectivity index (χ0) is 39.8. The number of hydrogen-bond acceptors (Lipinski definition) is 3. The first-order valence-electron chi connectivity index (χ1n) is 20.3. The van der Waals surface area contributed by atoms with Gasteiger partial charge in [-0.05, 0) is 101 Å². The number of aromatic nitrogens is 3. The molecule has 10 aromatic carbocycles. The molecule has 11 aromatic rings. The van der Waals surface area contributed by atoms with Crippen molar-refractivity contribution in [3.63, 3.8) is 0 Å². The average Bonchev–Trinajstić information content (AvgIpc) is 3.34. The van der Waals surface area contributed by atoms with Crippen LogP contribution in [-0.2, 0) is 0 Å². The molecule has 0 unspecified atom stereocenters. The van der Waals surface area contributed by atoms with Crippen LogP contribution in [-0.4, -0.2) is 15.0 Å². The summed E-state index contributed by atoms with van der Waals surface area (Å²) in [7, 11) is 0. The van der Waals surface area contributed by atoms with Gasteiger partial charge in [0.15, 0.2) is 17.5 Å². The highest BCUT2D eigenvalue weighted by atomic mass is 15.0. The van der Waals surface area contributed by atoms with Crippen LogP contribution >= 0.6 is 0 Å². The van der Waals surface area contributed by atoms with Crippen molar-refractivity contribution in [2.45, 2.75) is 0 Å². The number of fused-ring (bicyclic) bond motifs is 6. The summed E-state index contributed by atoms with van der Waals surface area (Å²) < 4.78 is 0. The molecule has 3 heteroatoms. The van der Waals surface area contributed by atoms with Crippen LogP contribution in [0.5, 0.6) is 0 Å². The van der Waals surface area contributed by atoms with Crippen molar-refractivity contribution in [3.8, 4) is 78.7 Å². The molecule has 0 fully saturated rings. The molecule has 0 aliphatic carbocycles. The normalized spacial score (nSPS) is 11.3. The molecule has 0 saturated carbocycles. The second-order valence-corrected chi connectivity index (χ2v) is 15.2. The predicted molar refractivity (Wildman–Crippen MR) is 250 cm³/mol. The molecule has 0 spiro atoms. The van der Waals surface area contributed by atoms with Crippen molar-refractivity contribution in [1.82, 2.24) is 15.0 Å². The van der Waals surface area contributed by atoms with Crippen LogP contribution in [0.1, 0.15) is 0 Å². The van der Waals surface area contributed by atoms with Crippen LogP contribution in [0, 0.1) is 0 Å². The first-order valence-corrected chi connectivity index (χ1v) is 20.3. The molecule has 0 saturated heterocycles. The summed E-state index contributed by atoms with van der Waals surface area (Å²) in [5.41, 5.74) is 11.7. The Bertz CT molecular complexity index is 3240. The van der Waals surface area contributed by atoms with Crippen molar-refractivity contribution in [3.05, 3.63) is 224 Å². The Morgan fingerprint density at radius 3 is 1.08 bits per heavy atom. The van der Waals surface area contributed by atoms with E-state index in [1.54, 1.807) is 0 Å². The number of benzene rings is 10. The minimum absolute atomic E-state index is 0.621. The fourth-order valence-electron chi connectivity index (χ4n) is 8.57. The molecule has 0 N–H and O–H groups in total. The van der Waals surface area contributed by atoms with Gasteiger partial charge in [0.05, 0.1) is 0 Å². The number of rotatable bonds is 7. The Morgan fingerprint density at radius 1 is 0.183 bits per heavy atom. The Labute approximate surface area is 349 Å². The summed E-state index contributed by atoms with van der Waals surface area (Å²) in [5, 5.41) is 7.61. The summed E-state index contributed by atoms with van der Waals surface area (Å²) >= 11 is 0. The first-order chi connectivity index (χ1) is 29.7. The molecule has 3 nitrogen and oxygen atoms in total. The third-order valence-corrected chi connectivity index (χ3v) is 11.5. The zero-order valence-corrected chi connectivity index (χ0v) is 32.7. The third-order valence-electron chi connectivity index (χ3n) is 11.5. The SMILES string of the molecule is c1ccc(-c2cccc(-c3nc(-c4cccc(-c5ccccc5)c4)nc(-c4ccccc4-c4cccc(-c5ccc6c7ccccc7c7ccccc7c6c5)c4)n3)c2)cc1. The fourth-order valence-corrected chi connectivity index (χ4v) is 8.57. The highest BCUT2D eigenvalue weighted by Crippen LogP contribution is 2.39. The maximum absolute atomic E-state index is 5.25. The second-order valence-electron chi connectivity index (χ2n) is 15.2. The average molecular weight is 764 g/mol. The lowest BCUT2D eigenvalue weighted by Crippen LogP contribution is -2.01.